The number of sulfonamides is 1. The van der Waals surface area contributed by atoms with E-state index in [0.717, 1.165) is 0 Å². The highest BCUT2D eigenvalue weighted by atomic mass is 35.5. The van der Waals surface area contributed by atoms with Crippen molar-refractivity contribution in [1.29, 1.82) is 5.26 Å². The topological polar surface area (TPSA) is 81.4 Å². The van der Waals surface area contributed by atoms with Crippen LogP contribution in [0.3, 0.4) is 0 Å². The van der Waals surface area contributed by atoms with Crippen LogP contribution >= 0.6 is 11.6 Å². The number of nitrogens with zero attached hydrogens (tertiary/aromatic N) is 2. The number of aliphatic hydroxyl groups is 1. The fourth-order valence-corrected chi connectivity index (χ4v) is 3.77. The van der Waals surface area contributed by atoms with Gasteiger partial charge in [-0.05, 0) is 24.6 Å². The Hall–Kier alpha value is -1.13. The molecule has 1 aromatic carbocycles. The number of β-amino-alcohol motifs (C(OH)–C–C–N with tert-alkyl or cyclic N) is 1. The smallest absolute Gasteiger partial charge is 0.244 e. The second-order valence-corrected chi connectivity index (χ2v) is 6.40. The molecule has 0 radical (unpaired) electrons. The van der Waals surface area contributed by atoms with Crippen LogP contribution in [-0.2, 0) is 10.0 Å². The molecule has 1 aliphatic heterocycles. The maximum atomic E-state index is 12.3. The van der Waals surface area contributed by atoms with Crippen molar-refractivity contribution in [2.75, 3.05) is 13.1 Å². The van der Waals surface area contributed by atoms with Crippen molar-refractivity contribution in [2.45, 2.75) is 17.4 Å². The standard InChI is InChI=1S/C11H11ClN2O3S/c12-9-2-1-8(6-13)11(5-9)18(16,17)14-4-3-10(15)7-14/h1-2,5,10,15H,3-4,7H2/t10-/m0/s1. The molecule has 0 amide bonds. The third-order valence-corrected chi connectivity index (χ3v) is 4.95. The van der Waals surface area contributed by atoms with Crippen LogP contribution in [0.4, 0.5) is 0 Å². The Labute approximate surface area is 110 Å². The molecule has 1 atom stereocenters. The maximum absolute atomic E-state index is 12.3. The number of hydrogen-bond donors (Lipinski definition) is 1. The van der Waals surface area contributed by atoms with E-state index in [1.54, 1.807) is 0 Å². The molecule has 0 unspecified atom stereocenters. The Kier molecular flexibility index (Phi) is 3.59. The average molecular weight is 287 g/mol. The highest BCUT2D eigenvalue weighted by molar-refractivity contribution is 7.89. The second kappa shape index (κ2) is 4.86. The molecule has 1 heterocycles. The van der Waals surface area contributed by atoms with E-state index in [9.17, 15) is 13.5 Å². The van der Waals surface area contributed by atoms with E-state index in [1.165, 1.54) is 22.5 Å². The Balaban J connectivity index is 2.48. The third kappa shape index (κ3) is 2.35. The van der Waals surface area contributed by atoms with Crippen molar-refractivity contribution in [3.8, 4) is 6.07 Å². The van der Waals surface area contributed by atoms with Crippen molar-refractivity contribution < 1.29 is 13.5 Å². The van der Waals surface area contributed by atoms with Crippen LogP contribution in [0, 0.1) is 11.3 Å². The Morgan fingerprint density at radius 2 is 2.22 bits per heavy atom. The van der Waals surface area contributed by atoms with Gasteiger partial charge in [0.1, 0.15) is 11.0 Å². The molecular weight excluding hydrogens is 276 g/mol. The van der Waals surface area contributed by atoms with Gasteiger partial charge in [0, 0.05) is 18.1 Å². The molecule has 2 rings (SSSR count). The lowest BCUT2D eigenvalue weighted by Crippen LogP contribution is -2.30. The maximum Gasteiger partial charge on any atom is 0.244 e. The lowest BCUT2D eigenvalue weighted by Gasteiger charge is -2.16. The Bertz CT molecular complexity index is 609. The first kappa shape index (κ1) is 13.3. The fraction of sp³-hybridized carbons (Fsp3) is 0.364. The molecule has 96 valence electrons. The Morgan fingerprint density at radius 1 is 1.50 bits per heavy atom. The van der Waals surface area contributed by atoms with Crippen molar-refractivity contribution in [2.24, 2.45) is 0 Å². The predicted octanol–water partition coefficient (Wildman–Crippen LogP) is 0.967. The van der Waals surface area contributed by atoms with Crippen LogP contribution in [0.25, 0.3) is 0 Å². The highest BCUT2D eigenvalue weighted by Crippen LogP contribution is 2.26. The summed E-state index contributed by atoms with van der Waals surface area (Å²) in [5.41, 5.74) is 0.0563. The van der Waals surface area contributed by atoms with Gasteiger partial charge in [0.15, 0.2) is 0 Å². The number of nitriles is 1. The first-order valence-corrected chi connectivity index (χ1v) is 7.15. The monoisotopic (exact) mass is 286 g/mol. The zero-order valence-electron chi connectivity index (χ0n) is 9.38. The van der Waals surface area contributed by atoms with Gasteiger partial charge in [-0.15, -0.1) is 0 Å². The largest absolute Gasteiger partial charge is 0.392 e. The summed E-state index contributed by atoms with van der Waals surface area (Å²) in [6.45, 7) is 0.306. The summed E-state index contributed by atoms with van der Waals surface area (Å²) in [6, 6.07) is 5.95. The first-order chi connectivity index (χ1) is 8.45. The lowest BCUT2D eigenvalue weighted by molar-refractivity contribution is 0.189. The van der Waals surface area contributed by atoms with E-state index in [4.69, 9.17) is 16.9 Å². The molecule has 7 heteroatoms. The molecule has 1 aromatic rings. The molecule has 0 bridgehead atoms. The minimum atomic E-state index is -3.77. The van der Waals surface area contributed by atoms with E-state index in [1.807, 2.05) is 6.07 Å². The quantitative estimate of drug-likeness (QED) is 0.878. The molecule has 5 nitrogen and oxygen atoms in total. The zero-order valence-corrected chi connectivity index (χ0v) is 10.9. The van der Waals surface area contributed by atoms with Gasteiger partial charge in [-0.25, -0.2) is 8.42 Å². The van der Waals surface area contributed by atoms with Gasteiger partial charge in [-0.2, -0.15) is 9.57 Å². The minimum absolute atomic E-state index is 0.0553. The normalized spacial score (nSPS) is 20.8. The van der Waals surface area contributed by atoms with Crippen molar-refractivity contribution in [1.82, 2.24) is 4.31 Å². The van der Waals surface area contributed by atoms with Crippen LogP contribution in [0.5, 0.6) is 0 Å². The summed E-state index contributed by atoms with van der Waals surface area (Å²) in [4.78, 5) is -0.105. The van der Waals surface area contributed by atoms with Gasteiger partial charge < -0.3 is 5.11 Å². The molecule has 18 heavy (non-hydrogen) atoms. The number of halogens is 1. The van der Waals surface area contributed by atoms with Crippen molar-refractivity contribution >= 4 is 21.6 Å². The van der Waals surface area contributed by atoms with Crippen LogP contribution in [0.1, 0.15) is 12.0 Å². The van der Waals surface area contributed by atoms with E-state index >= 15 is 0 Å². The van der Waals surface area contributed by atoms with Crippen LogP contribution < -0.4 is 0 Å². The Morgan fingerprint density at radius 3 is 2.78 bits per heavy atom. The molecule has 1 aliphatic rings. The van der Waals surface area contributed by atoms with Gasteiger partial charge in [-0.1, -0.05) is 11.6 Å². The van der Waals surface area contributed by atoms with E-state index < -0.39 is 16.1 Å². The number of aliphatic hydroxyl groups excluding tert-OH is 1. The van der Waals surface area contributed by atoms with Gasteiger partial charge in [0.2, 0.25) is 10.0 Å². The fourth-order valence-electron chi connectivity index (χ4n) is 1.87. The van der Waals surface area contributed by atoms with Crippen LogP contribution in [0.2, 0.25) is 5.02 Å². The van der Waals surface area contributed by atoms with Gasteiger partial charge in [0.25, 0.3) is 0 Å². The summed E-state index contributed by atoms with van der Waals surface area (Å²) >= 11 is 5.77. The van der Waals surface area contributed by atoms with Crippen molar-refractivity contribution in [3.05, 3.63) is 28.8 Å². The van der Waals surface area contributed by atoms with Crippen molar-refractivity contribution in [3.63, 3.8) is 0 Å². The molecule has 1 saturated heterocycles. The van der Waals surface area contributed by atoms with E-state index in [-0.39, 0.29) is 28.6 Å². The molecule has 0 saturated carbocycles. The summed E-state index contributed by atoms with van der Waals surface area (Å²) in [7, 11) is -3.77. The van der Waals surface area contributed by atoms with Crippen LogP contribution in [0.15, 0.2) is 23.1 Å². The van der Waals surface area contributed by atoms with Gasteiger partial charge >= 0.3 is 0 Å². The summed E-state index contributed by atoms with van der Waals surface area (Å²) < 4.78 is 25.8. The molecule has 0 aliphatic carbocycles. The molecule has 1 N–H and O–H groups in total. The summed E-state index contributed by atoms with van der Waals surface area (Å²) in [6.07, 6.45) is -0.244. The first-order valence-electron chi connectivity index (χ1n) is 5.33. The summed E-state index contributed by atoms with van der Waals surface area (Å²) in [5.74, 6) is 0. The number of benzene rings is 1. The minimum Gasteiger partial charge on any atom is -0.392 e. The number of hydrogen-bond acceptors (Lipinski definition) is 4. The lowest BCUT2D eigenvalue weighted by atomic mass is 10.2. The molecule has 1 fully saturated rings. The van der Waals surface area contributed by atoms with Gasteiger partial charge in [0.05, 0.1) is 11.7 Å². The predicted molar refractivity (Wildman–Crippen MR) is 65.5 cm³/mol. The highest BCUT2D eigenvalue weighted by Gasteiger charge is 2.33. The molecular formula is C11H11ClN2O3S. The average Bonchev–Trinajstić information content (AvgIpc) is 2.76. The second-order valence-electron chi connectivity index (χ2n) is 4.06. The SMILES string of the molecule is N#Cc1ccc(Cl)cc1S(=O)(=O)N1CC[C@H](O)C1. The third-order valence-electron chi connectivity index (χ3n) is 2.81. The molecule has 0 spiro atoms. The van der Waals surface area contributed by atoms with E-state index in [2.05, 4.69) is 0 Å². The van der Waals surface area contributed by atoms with E-state index in [0.29, 0.717) is 6.42 Å². The van der Waals surface area contributed by atoms with Gasteiger partial charge in [-0.3, -0.25) is 0 Å². The number of rotatable bonds is 2. The van der Waals surface area contributed by atoms with Crippen LogP contribution in [-0.4, -0.2) is 37.0 Å². The summed E-state index contributed by atoms with van der Waals surface area (Å²) in [5, 5.41) is 18.6. The zero-order chi connectivity index (χ0) is 13.3. The molecule has 0 aromatic heterocycles.